The Balaban J connectivity index is 2.60. The maximum atomic E-state index is 12.0. The van der Waals surface area contributed by atoms with E-state index in [-0.39, 0.29) is 24.9 Å². The minimum Gasteiger partial charge on any atom is -0.480 e. The zero-order chi connectivity index (χ0) is 14.4. The molecule has 0 aliphatic carbocycles. The maximum Gasteiger partial charge on any atom is 0.325 e. The van der Waals surface area contributed by atoms with Gasteiger partial charge in [-0.3, -0.25) is 14.3 Å². The fourth-order valence-electron chi connectivity index (χ4n) is 1.78. The van der Waals surface area contributed by atoms with Gasteiger partial charge in [-0.05, 0) is 12.3 Å². The van der Waals surface area contributed by atoms with Gasteiger partial charge in [0.2, 0.25) is 5.91 Å². The van der Waals surface area contributed by atoms with Crippen LogP contribution in [0.1, 0.15) is 20.3 Å². The van der Waals surface area contributed by atoms with E-state index in [2.05, 4.69) is 10.4 Å². The largest absolute Gasteiger partial charge is 0.480 e. The fourth-order valence-corrected chi connectivity index (χ4v) is 1.78. The second kappa shape index (κ2) is 6.89. The van der Waals surface area contributed by atoms with Crippen LogP contribution in [-0.2, 0) is 16.1 Å². The fraction of sp³-hybridized carbons (Fsp3) is 0.583. The molecule has 19 heavy (non-hydrogen) atoms. The Bertz CT molecular complexity index is 442. The molecule has 1 amide bonds. The van der Waals surface area contributed by atoms with Crippen LogP contribution in [0, 0.1) is 11.8 Å². The number of amides is 1. The number of carboxylic acids is 1. The highest BCUT2D eigenvalue weighted by Gasteiger charge is 2.18. The first-order chi connectivity index (χ1) is 8.92. The van der Waals surface area contributed by atoms with E-state index in [1.807, 2.05) is 13.8 Å². The van der Waals surface area contributed by atoms with Gasteiger partial charge in [-0.25, -0.2) is 0 Å². The number of carboxylic acid groups (broad SMARTS) is 1. The molecule has 0 fully saturated rings. The summed E-state index contributed by atoms with van der Waals surface area (Å²) in [4.78, 5) is 22.5. The molecule has 0 spiro atoms. The predicted octanol–water partition coefficient (Wildman–Crippen LogP) is 0.527. The van der Waals surface area contributed by atoms with E-state index in [1.165, 1.54) is 17.1 Å². The second-order valence-corrected chi connectivity index (χ2v) is 4.87. The lowest BCUT2D eigenvalue weighted by atomic mass is 9.96. The van der Waals surface area contributed by atoms with Crippen LogP contribution in [0.4, 0.5) is 5.69 Å². The molecule has 0 saturated carbocycles. The molecule has 4 N–H and O–H groups in total. The molecule has 1 atom stereocenters. The SMILES string of the molecule is CC(C)CC(CN)C(=O)Nc1cnn(CC(=O)O)c1. The molecular formula is C12H20N4O3. The summed E-state index contributed by atoms with van der Waals surface area (Å²) in [5.41, 5.74) is 6.07. The Morgan fingerprint density at radius 2 is 2.21 bits per heavy atom. The number of carbonyl (C=O) groups is 2. The van der Waals surface area contributed by atoms with E-state index < -0.39 is 5.97 Å². The summed E-state index contributed by atoms with van der Waals surface area (Å²) < 4.78 is 1.25. The van der Waals surface area contributed by atoms with Crippen LogP contribution >= 0.6 is 0 Å². The molecule has 106 valence electrons. The summed E-state index contributed by atoms with van der Waals surface area (Å²) in [6, 6.07) is 0. The zero-order valence-electron chi connectivity index (χ0n) is 11.2. The van der Waals surface area contributed by atoms with Gasteiger partial charge in [-0.1, -0.05) is 13.8 Å². The molecule has 0 aromatic carbocycles. The highest BCUT2D eigenvalue weighted by atomic mass is 16.4. The first-order valence-corrected chi connectivity index (χ1v) is 6.17. The number of nitrogens with zero attached hydrogens (tertiary/aromatic N) is 2. The van der Waals surface area contributed by atoms with E-state index >= 15 is 0 Å². The van der Waals surface area contributed by atoms with Crippen molar-refractivity contribution in [3.05, 3.63) is 12.4 Å². The van der Waals surface area contributed by atoms with Crippen molar-refractivity contribution in [3.63, 3.8) is 0 Å². The molecule has 0 bridgehead atoms. The Morgan fingerprint density at radius 3 is 2.74 bits per heavy atom. The van der Waals surface area contributed by atoms with Gasteiger partial charge in [-0.15, -0.1) is 0 Å². The van der Waals surface area contributed by atoms with Crippen LogP contribution in [0.15, 0.2) is 12.4 Å². The summed E-state index contributed by atoms with van der Waals surface area (Å²) in [6.07, 6.45) is 3.62. The molecule has 0 aliphatic heterocycles. The topological polar surface area (TPSA) is 110 Å². The van der Waals surface area contributed by atoms with Crippen molar-refractivity contribution in [2.45, 2.75) is 26.8 Å². The van der Waals surface area contributed by atoms with Crippen molar-refractivity contribution in [1.29, 1.82) is 0 Å². The van der Waals surface area contributed by atoms with Crippen molar-refractivity contribution < 1.29 is 14.7 Å². The molecular weight excluding hydrogens is 248 g/mol. The van der Waals surface area contributed by atoms with Crippen molar-refractivity contribution in [2.75, 3.05) is 11.9 Å². The Morgan fingerprint density at radius 1 is 1.53 bits per heavy atom. The van der Waals surface area contributed by atoms with E-state index in [4.69, 9.17) is 10.8 Å². The standard InChI is InChI=1S/C12H20N4O3/c1-8(2)3-9(4-13)12(19)15-10-5-14-16(6-10)7-11(17)18/h5-6,8-9H,3-4,7,13H2,1-2H3,(H,15,19)(H,17,18). The van der Waals surface area contributed by atoms with Crippen LogP contribution in [0.3, 0.4) is 0 Å². The van der Waals surface area contributed by atoms with Gasteiger partial charge < -0.3 is 16.2 Å². The lowest BCUT2D eigenvalue weighted by Gasteiger charge is -2.15. The number of anilines is 1. The van der Waals surface area contributed by atoms with E-state index in [9.17, 15) is 9.59 Å². The van der Waals surface area contributed by atoms with Gasteiger partial charge >= 0.3 is 5.97 Å². The third kappa shape index (κ3) is 5.09. The Labute approximate surface area is 111 Å². The average Bonchev–Trinajstić information content (AvgIpc) is 2.71. The summed E-state index contributed by atoms with van der Waals surface area (Å²) >= 11 is 0. The van der Waals surface area contributed by atoms with Gasteiger partial charge in [0.15, 0.2) is 0 Å². The second-order valence-electron chi connectivity index (χ2n) is 4.87. The number of nitrogens with two attached hydrogens (primary N) is 1. The molecule has 1 aromatic rings. The normalized spacial score (nSPS) is 12.4. The van der Waals surface area contributed by atoms with Gasteiger partial charge in [0.1, 0.15) is 6.54 Å². The van der Waals surface area contributed by atoms with Gasteiger partial charge in [0, 0.05) is 12.7 Å². The monoisotopic (exact) mass is 268 g/mol. The van der Waals surface area contributed by atoms with Crippen LogP contribution in [-0.4, -0.2) is 33.3 Å². The molecule has 0 radical (unpaired) electrons. The van der Waals surface area contributed by atoms with Crippen molar-refractivity contribution >= 4 is 17.6 Å². The van der Waals surface area contributed by atoms with Crippen LogP contribution in [0.5, 0.6) is 0 Å². The summed E-state index contributed by atoms with van der Waals surface area (Å²) in [6.45, 7) is 4.11. The first kappa shape index (κ1) is 15.2. The van der Waals surface area contributed by atoms with Gasteiger partial charge in [0.05, 0.1) is 17.8 Å². The number of hydrogen-bond acceptors (Lipinski definition) is 4. The number of hydrogen-bond donors (Lipinski definition) is 3. The summed E-state index contributed by atoms with van der Waals surface area (Å²) in [5.74, 6) is -1.01. The predicted molar refractivity (Wildman–Crippen MR) is 70.5 cm³/mol. The van der Waals surface area contributed by atoms with Crippen molar-refractivity contribution in [1.82, 2.24) is 9.78 Å². The van der Waals surface area contributed by atoms with Gasteiger partial charge in [0.25, 0.3) is 0 Å². The lowest BCUT2D eigenvalue weighted by Crippen LogP contribution is -2.30. The Kier molecular flexibility index (Phi) is 5.50. The van der Waals surface area contributed by atoms with Gasteiger partial charge in [-0.2, -0.15) is 5.10 Å². The third-order valence-electron chi connectivity index (χ3n) is 2.61. The first-order valence-electron chi connectivity index (χ1n) is 6.17. The number of aromatic nitrogens is 2. The molecule has 7 heteroatoms. The van der Waals surface area contributed by atoms with Crippen molar-refractivity contribution in [2.24, 2.45) is 17.6 Å². The Hall–Kier alpha value is -1.89. The lowest BCUT2D eigenvalue weighted by molar-refractivity contribution is -0.137. The van der Waals surface area contributed by atoms with E-state index in [1.54, 1.807) is 0 Å². The minimum atomic E-state index is -0.986. The van der Waals surface area contributed by atoms with Crippen LogP contribution < -0.4 is 11.1 Å². The third-order valence-corrected chi connectivity index (χ3v) is 2.61. The maximum absolute atomic E-state index is 12.0. The van der Waals surface area contributed by atoms with E-state index in [0.717, 1.165) is 0 Å². The molecule has 1 heterocycles. The highest BCUT2D eigenvalue weighted by molar-refractivity contribution is 5.92. The number of carbonyl (C=O) groups excluding carboxylic acids is 1. The summed E-state index contributed by atoms with van der Waals surface area (Å²) in [7, 11) is 0. The quantitative estimate of drug-likeness (QED) is 0.668. The van der Waals surface area contributed by atoms with E-state index in [0.29, 0.717) is 18.0 Å². The van der Waals surface area contributed by atoms with Crippen molar-refractivity contribution in [3.8, 4) is 0 Å². The molecule has 1 rings (SSSR count). The highest BCUT2D eigenvalue weighted by Crippen LogP contribution is 2.14. The molecule has 0 aliphatic rings. The van der Waals surface area contributed by atoms with Crippen LogP contribution in [0.25, 0.3) is 0 Å². The number of aliphatic carboxylic acids is 1. The number of rotatable bonds is 7. The molecule has 7 nitrogen and oxygen atoms in total. The number of nitrogens with one attached hydrogen (secondary N) is 1. The summed E-state index contributed by atoms with van der Waals surface area (Å²) in [5, 5.41) is 15.2. The molecule has 0 saturated heterocycles. The molecule has 1 unspecified atom stereocenters. The van der Waals surface area contributed by atoms with Crippen LogP contribution in [0.2, 0.25) is 0 Å². The smallest absolute Gasteiger partial charge is 0.325 e. The average molecular weight is 268 g/mol. The zero-order valence-corrected chi connectivity index (χ0v) is 11.2. The minimum absolute atomic E-state index is 0.161. The molecule has 1 aromatic heterocycles.